The highest BCUT2D eigenvalue weighted by atomic mass is 35.5. The second-order valence-electron chi connectivity index (χ2n) is 6.98. The number of nitrogens with zero attached hydrogens (tertiary/aromatic N) is 2. The first-order valence-electron chi connectivity index (χ1n) is 10.0. The molecule has 2 aromatic carbocycles. The van der Waals surface area contributed by atoms with Crippen LogP contribution < -0.4 is 5.48 Å². The lowest BCUT2D eigenvalue weighted by Crippen LogP contribution is -2.17. The zero-order chi connectivity index (χ0) is 22.1. The third-order valence-electron chi connectivity index (χ3n) is 4.64. The van der Waals surface area contributed by atoms with E-state index in [2.05, 4.69) is 0 Å². The monoisotopic (exact) mass is 475 g/mol. The molecule has 162 valence electrons. The molecule has 3 rings (SSSR count). The van der Waals surface area contributed by atoms with Gasteiger partial charge in [-0.2, -0.15) is 0 Å². The normalized spacial score (nSPS) is 10.8. The molecule has 0 atom stereocenters. The fourth-order valence-electron chi connectivity index (χ4n) is 2.99. The van der Waals surface area contributed by atoms with Crippen LogP contribution in [0.15, 0.2) is 59.8 Å². The Morgan fingerprint density at radius 2 is 1.35 bits per heavy atom. The van der Waals surface area contributed by atoms with Crippen molar-refractivity contribution in [2.24, 2.45) is 0 Å². The molecule has 5 nitrogen and oxygen atoms in total. The van der Waals surface area contributed by atoms with Crippen LogP contribution >= 0.6 is 35.0 Å². The van der Waals surface area contributed by atoms with E-state index in [0.717, 1.165) is 59.1 Å². The van der Waals surface area contributed by atoms with E-state index < -0.39 is 0 Å². The number of aromatic nitrogens is 2. The summed E-state index contributed by atoms with van der Waals surface area (Å²) in [5, 5.41) is 10.6. The molecule has 3 aromatic rings. The molecule has 0 aliphatic heterocycles. The molecule has 0 radical (unpaired) electrons. The molecule has 8 heteroatoms. The molecule has 0 saturated carbocycles. The van der Waals surface area contributed by atoms with Crippen LogP contribution in [0, 0.1) is 0 Å². The minimum absolute atomic E-state index is 0.337. The van der Waals surface area contributed by atoms with E-state index in [4.69, 9.17) is 38.4 Å². The van der Waals surface area contributed by atoms with Crippen molar-refractivity contribution in [1.29, 1.82) is 0 Å². The first-order valence-corrected chi connectivity index (χ1v) is 11.8. The summed E-state index contributed by atoms with van der Waals surface area (Å²) in [6, 6.07) is 17.2. The maximum atomic E-state index is 11.0. The lowest BCUT2D eigenvalue weighted by atomic mass is 10.1. The molecule has 2 N–H and O–H groups in total. The Bertz CT molecular complexity index is 935. The Labute approximate surface area is 196 Å². The molecule has 1 aromatic heterocycles. The number of thioether (sulfide) groups is 1. The van der Waals surface area contributed by atoms with E-state index in [0.29, 0.717) is 16.5 Å². The molecule has 1 heterocycles. The van der Waals surface area contributed by atoms with Gasteiger partial charge in [0.05, 0.1) is 11.4 Å². The predicted octanol–water partition coefficient (Wildman–Crippen LogP) is 6.67. The van der Waals surface area contributed by atoms with E-state index in [1.807, 2.05) is 54.6 Å². The summed E-state index contributed by atoms with van der Waals surface area (Å²) in [7, 11) is 0. The summed E-state index contributed by atoms with van der Waals surface area (Å²) < 4.78 is 0. The molecule has 0 aliphatic rings. The van der Waals surface area contributed by atoms with E-state index in [1.54, 1.807) is 17.2 Å². The third kappa shape index (κ3) is 7.51. The maximum Gasteiger partial charge on any atom is 0.243 e. The number of rotatable bonds is 10. The van der Waals surface area contributed by atoms with Gasteiger partial charge >= 0.3 is 0 Å². The summed E-state index contributed by atoms with van der Waals surface area (Å²) in [6.07, 6.45) is 4.05. The van der Waals surface area contributed by atoms with Crippen LogP contribution in [0.5, 0.6) is 0 Å². The van der Waals surface area contributed by atoms with Crippen LogP contribution in [-0.2, 0) is 4.79 Å². The number of carbonyl (C=O) groups excluding carboxylic acids is 1. The second-order valence-corrected chi connectivity index (χ2v) is 8.92. The first kappa shape index (κ1) is 23.5. The molecule has 0 spiro atoms. The van der Waals surface area contributed by atoms with Gasteiger partial charge in [0.2, 0.25) is 5.91 Å². The molecule has 0 unspecified atom stereocenters. The molecule has 0 aliphatic carbocycles. The number of nitrogens with one attached hydrogen (secondary N) is 1. The van der Waals surface area contributed by atoms with Crippen molar-refractivity contribution < 1.29 is 10.0 Å². The minimum atomic E-state index is -0.337. The third-order valence-corrected chi connectivity index (χ3v) is 6.08. The average Bonchev–Trinajstić information content (AvgIpc) is 2.79. The van der Waals surface area contributed by atoms with E-state index in [1.165, 1.54) is 0 Å². The molecule has 31 heavy (non-hydrogen) atoms. The summed E-state index contributed by atoms with van der Waals surface area (Å²) in [6.45, 7) is 0. The number of carbonyl (C=O) groups is 1. The maximum absolute atomic E-state index is 11.0. The van der Waals surface area contributed by atoms with E-state index in [9.17, 15) is 4.79 Å². The molecule has 1 amide bonds. The van der Waals surface area contributed by atoms with Crippen molar-refractivity contribution in [2.75, 3.05) is 5.75 Å². The van der Waals surface area contributed by atoms with Gasteiger partial charge in [-0.15, -0.1) is 0 Å². The number of amides is 1. The van der Waals surface area contributed by atoms with Gasteiger partial charge in [-0.05, 0) is 43.2 Å². The Balaban J connectivity index is 1.69. The van der Waals surface area contributed by atoms with Crippen LogP contribution in [0.25, 0.3) is 22.5 Å². The van der Waals surface area contributed by atoms with Crippen LogP contribution in [0.1, 0.15) is 32.1 Å². The van der Waals surface area contributed by atoms with E-state index in [-0.39, 0.29) is 5.91 Å². The summed E-state index contributed by atoms with van der Waals surface area (Å²) in [4.78, 5) is 20.5. The summed E-state index contributed by atoms with van der Waals surface area (Å²) >= 11 is 13.7. The van der Waals surface area contributed by atoms with Gasteiger partial charge in [0.15, 0.2) is 5.16 Å². The minimum Gasteiger partial charge on any atom is -0.289 e. The van der Waals surface area contributed by atoms with Gasteiger partial charge < -0.3 is 0 Å². The van der Waals surface area contributed by atoms with Gasteiger partial charge in [-0.25, -0.2) is 15.4 Å². The number of halogens is 2. The molecule has 0 fully saturated rings. The Kier molecular flexibility index (Phi) is 9.15. The van der Waals surface area contributed by atoms with Gasteiger partial charge in [-0.1, -0.05) is 72.1 Å². The Morgan fingerprint density at radius 3 is 1.87 bits per heavy atom. The highest BCUT2D eigenvalue weighted by Crippen LogP contribution is 2.29. The Morgan fingerprint density at radius 1 is 0.839 bits per heavy atom. The molecular weight excluding hydrogens is 453 g/mol. The number of hydrogen-bond acceptors (Lipinski definition) is 5. The van der Waals surface area contributed by atoms with Crippen molar-refractivity contribution >= 4 is 40.9 Å². The predicted molar refractivity (Wildman–Crippen MR) is 127 cm³/mol. The van der Waals surface area contributed by atoms with Crippen molar-refractivity contribution in [2.45, 2.75) is 37.3 Å². The lowest BCUT2D eigenvalue weighted by molar-refractivity contribution is -0.129. The highest BCUT2D eigenvalue weighted by molar-refractivity contribution is 7.99. The number of hydroxylamine groups is 1. The first-order chi connectivity index (χ1) is 15.0. The zero-order valence-electron chi connectivity index (χ0n) is 16.9. The van der Waals surface area contributed by atoms with Gasteiger partial charge in [0.25, 0.3) is 0 Å². The smallest absolute Gasteiger partial charge is 0.243 e. The number of hydrogen-bond donors (Lipinski definition) is 2. The zero-order valence-corrected chi connectivity index (χ0v) is 19.2. The van der Waals surface area contributed by atoms with Crippen molar-refractivity contribution in [3.63, 3.8) is 0 Å². The molecule has 0 bridgehead atoms. The van der Waals surface area contributed by atoms with Crippen LogP contribution in [0.2, 0.25) is 10.0 Å². The van der Waals surface area contributed by atoms with Crippen LogP contribution in [0.3, 0.4) is 0 Å². The van der Waals surface area contributed by atoms with Crippen LogP contribution in [0.4, 0.5) is 0 Å². The summed E-state index contributed by atoms with van der Waals surface area (Å²) in [5.74, 6) is 0.549. The fourth-order valence-corrected chi connectivity index (χ4v) is 4.10. The lowest BCUT2D eigenvalue weighted by Gasteiger charge is -2.09. The second kappa shape index (κ2) is 12.1. The van der Waals surface area contributed by atoms with Crippen molar-refractivity contribution in [3.8, 4) is 22.5 Å². The van der Waals surface area contributed by atoms with Crippen molar-refractivity contribution in [1.82, 2.24) is 15.4 Å². The topological polar surface area (TPSA) is 75.1 Å². The fraction of sp³-hybridized carbons (Fsp3) is 0.261. The van der Waals surface area contributed by atoms with E-state index >= 15 is 0 Å². The summed E-state index contributed by atoms with van der Waals surface area (Å²) in [5.41, 5.74) is 5.30. The quantitative estimate of drug-likeness (QED) is 0.112. The molecular formula is C23H23Cl2N3O2S. The van der Waals surface area contributed by atoms with Gasteiger partial charge in [0.1, 0.15) is 0 Å². The number of benzene rings is 2. The SMILES string of the molecule is O=C(CCCCCCSc1nc(-c2ccc(Cl)cc2)cc(-c2ccc(Cl)cc2)n1)NO. The standard InChI is InChI=1S/C23H23Cl2N3O2S/c24-18-10-6-16(7-11-18)20-15-21(17-8-12-19(25)13-9-17)27-23(26-20)31-14-4-2-1-3-5-22(29)28-30/h6-13,15,30H,1-5,14H2,(H,28,29). The van der Waals surface area contributed by atoms with Crippen LogP contribution in [-0.4, -0.2) is 26.8 Å². The van der Waals surface area contributed by atoms with Gasteiger partial charge in [-0.3, -0.25) is 10.0 Å². The molecule has 0 saturated heterocycles. The average molecular weight is 476 g/mol. The number of unbranched alkanes of at least 4 members (excludes halogenated alkanes) is 3. The largest absolute Gasteiger partial charge is 0.289 e. The Hall–Kier alpha value is -2.12. The van der Waals surface area contributed by atoms with Gasteiger partial charge in [0, 0.05) is 33.3 Å². The van der Waals surface area contributed by atoms with Crippen molar-refractivity contribution in [3.05, 3.63) is 64.6 Å². The highest BCUT2D eigenvalue weighted by Gasteiger charge is 2.10.